The molecule has 0 fully saturated rings. The fourth-order valence-electron chi connectivity index (χ4n) is 1.18. The minimum atomic E-state index is 0. The Balaban J connectivity index is 0.000000720. The zero-order valence-corrected chi connectivity index (χ0v) is 12.7. The van der Waals surface area contributed by atoms with Gasteiger partial charge in [-0.15, -0.1) is 0 Å². The smallest absolute Gasteiger partial charge is 0.0702 e. The molecule has 1 nitrogen and oxygen atoms in total. The maximum absolute atomic E-state index is 4.28. The summed E-state index contributed by atoms with van der Waals surface area (Å²) in [6.07, 6.45) is 1.89. The molecule has 1 heterocycles. The molecule has 1 aromatic carbocycles. The molecule has 0 aliphatic carbocycles. The number of nitrogens with zero attached hydrogens (tertiary/aromatic N) is 1. The summed E-state index contributed by atoms with van der Waals surface area (Å²) in [6.45, 7) is 2.06. The summed E-state index contributed by atoms with van der Waals surface area (Å²) < 4.78 is 0. The number of hydrogen-bond donors (Lipinski definition) is 0. The third-order valence-electron chi connectivity index (χ3n) is 1.73. The van der Waals surface area contributed by atoms with E-state index in [2.05, 4.69) is 24.0 Å². The van der Waals surface area contributed by atoms with Crippen molar-refractivity contribution >= 4 is 24.4 Å². The van der Waals surface area contributed by atoms with Crippen molar-refractivity contribution in [3.63, 3.8) is 0 Å². The fraction of sp³-hybridized carbons (Fsp3) is 0.100. The van der Waals surface area contributed by atoms with Crippen LogP contribution in [0.15, 0.2) is 36.5 Å². The number of fused-ring (bicyclic) bond motifs is 1. The molecular weight excluding hydrogens is 279 g/mol. The van der Waals surface area contributed by atoms with Crippen LogP contribution in [0.3, 0.4) is 0 Å². The van der Waals surface area contributed by atoms with Crippen molar-refractivity contribution in [3.8, 4) is 0 Å². The molecule has 64 valence electrons. The first kappa shape index (κ1) is 12.9. The number of rotatable bonds is 0. The second-order valence-corrected chi connectivity index (χ2v) is 2.71. The number of benzene rings is 1. The molecule has 13 heavy (non-hydrogen) atoms. The summed E-state index contributed by atoms with van der Waals surface area (Å²) >= 11 is 0. The standard InChI is InChI=1S/C10H9N.Cd.H2S/c1-8-6-9-4-2-3-5-10(9)11-7-8;;/h2-7H,1H3;;1H2. The molecule has 0 bridgehead atoms. The van der Waals surface area contributed by atoms with Gasteiger partial charge in [-0.2, -0.15) is 13.5 Å². The number of pyridine rings is 1. The summed E-state index contributed by atoms with van der Waals surface area (Å²) in [5.74, 6) is 0. The summed E-state index contributed by atoms with van der Waals surface area (Å²) in [5.41, 5.74) is 2.28. The van der Waals surface area contributed by atoms with Crippen molar-refractivity contribution < 1.29 is 27.3 Å². The van der Waals surface area contributed by atoms with E-state index in [0.29, 0.717) is 0 Å². The molecule has 0 saturated heterocycles. The van der Waals surface area contributed by atoms with Crippen molar-refractivity contribution in [1.29, 1.82) is 0 Å². The van der Waals surface area contributed by atoms with Crippen LogP contribution in [0.1, 0.15) is 5.56 Å². The largest absolute Gasteiger partial charge is 0.256 e. The Kier molecular flexibility index (Phi) is 5.55. The average Bonchev–Trinajstić information content (AvgIpc) is 2.04. The van der Waals surface area contributed by atoms with Gasteiger partial charge >= 0.3 is 0 Å². The zero-order chi connectivity index (χ0) is 7.68. The molecular formula is C10H11CdNS. The predicted octanol–water partition coefficient (Wildman–Crippen LogP) is 2.65. The van der Waals surface area contributed by atoms with Gasteiger partial charge in [0, 0.05) is 38.9 Å². The van der Waals surface area contributed by atoms with Crippen molar-refractivity contribution in [2.24, 2.45) is 0 Å². The van der Waals surface area contributed by atoms with Gasteiger partial charge < -0.3 is 0 Å². The minimum absolute atomic E-state index is 0. The van der Waals surface area contributed by atoms with E-state index < -0.39 is 0 Å². The first-order valence-corrected chi connectivity index (χ1v) is 3.68. The van der Waals surface area contributed by atoms with Crippen molar-refractivity contribution in [1.82, 2.24) is 4.98 Å². The number of aromatic nitrogens is 1. The van der Waals surface area contributed by atoms with E-state index in [4.69, 9.17) is 0 Å². The SMILES string of the molecule is Cc1cnc2ccccc2c1.S.[Cd]. The van der Waals surface area contributed by atoms with Crippen molar-refractivity contribution in [2.75, 3.05) is 0 Å². The summed E-state index contributed by atoms with van der Waals surface area (Å²) in [5, 5.41) is 1.22. The van der Waals surface area contributed by atoms with Crippen LogP contribution in [0.5, 0.6) is 0 Å². The molecule has 0 atom stereocenters. The molecule has 3 heteroatoms. The average molecular weight is 290 g/mol. The molecule has 0 amide bonds. The monoisotopic (exact) mass is 291 g/mol. The molecule has 1 aromatic heterocycles. The van der Waals surface area contributed by atoms with Gasteiger partial charge in [0.25, 0.3) is 0 Å². The molecule has 0 aliphatic rings. The number of para-hydroxylation sites is 1. The van der Waals surface area contributed by atoms with Gasteiger partial charge in [-0.1, -0.05) is 18.2 Å². The topological polar surface area (TPSA) is 12.9 Å². The van der Waals surface area contributed by atoms with Crippen LogP contribution >= 0.6 is 13.5 Å². The van der Waals surface area contributed by atoms with Crippen LogP contribution < -0.4 is 0 Å². The van der Waals surface area contributed by atoms with E-state index in [1.807, 2.05) is 24.4 Å². The van der Waals surface area contributed by atoms with Crippen LogP contribution in [-0.2, 0) is 27.3 Å². The van der Waals surface area contributed by atoms with Crippen molar-refractivity contribution in [2.45, 2.75) is 6.92 Å². The quantitative estimate of drug-likeness (QED) is 0.680. The summed E-state index contributed by atoms with van der Waals surface area (Å²) in [7, 11) is 0. The van der Waals surface area contributed by atoms with E-state index in [1.165, 1.54) is 10.9 Å². The first-order chi connectivity index (χ1) is 5.36. The zero-order valence-electron chi connectivity index (χ0n) is 7.62. The maximum atomic E-state index is 4.28. The van der Waals surface area contributed by atoms with Gasteiger partial charge in [0.15, 0.2) is 0 Å². The predicted molar refractivity (Wildman–Crippen MR) is 56.9 cm³/mol. The van der Waals surface area contributed by atoms with Gasteiger partial charge in [-0.25, -0.2) is 0 Å². The van der Waals surface area contributed by atoms with Gasteiger partial charge in [0.2, 0.25) is 0 Å². The van der Waals surface area contributed by atoms with Crippen LogP contribution in [-0.4, -0.2) is 4.98 Å². The Morgan fingerprint density at radius 3 is 2.62 bits per heavy atom. The van der Waals surface area contributed by atoms with Crippen LogP contribution in [0.25, 0.3) is 10.9 Å². The molecule has 0 spiro atoms. The summed E-state index contributed by atoms with van der Waals surface area (Å²) in [4.78, 5) is 4.28. The van der Waals surface area contributed by atoms with E-state index in [-0.39, 0.29) is 40.8 Å². The molecule has 0 N–H and O–H groups in total. The second-order valence-electron chi connectivity index (χ2n) is 2.71. The Labute approximate surface area is 105 Å². The van der Waals surface area contributed by atoms with Crippen LogP contribution in [0.4, 0.5) is 0 Å². The normalized spacial score (nSPS) is 8.69. The summed E-state index contributed by atoms with van der Waals surface area (Å²) in [6, 6.07) is 10.3. The second kappa shape index (κ2) is 5.59. The number of hydrogen-bond acceptors (Lipinski definition) is 1. The van der Waals surface area contributed by atoms with Crippen LogP contribution in [0.2, 0.25) is 0 Å². The molecule has 0 aliphatic heterocycles. The third-order valence-corrected chi connectivity index (χ3v) is 1.73. The Bertz CT molecular complexity index is 389. The van der Waals surface area contributed by atoms with Crippen LogP contribution in [0, 0.1) is 6.92 Å². The molecule has 0 radical (unpaired) electrons. The fourth-order valence-corrected chi connectivity index (χ4v) is 1.18. The minimum Gasteiger partial charge on any atom is -0.256 e. The van der Waals surface area contributed by atoms with Gasteiger partial charge in [0.05, 0.1) is 5.52 Å². The molecule has 0 saturated carbocycles. The van der Waals surface area contributed by atoms with Gasteiger partial charge in [-0.05, 0) is 24.6 Å². The Hall–Kier alpha value is -0.0979. The van der Waals surface area contributed by atoms with E-state index in [0.717, 1.165) is 5.52 Å². The third kappa shape index (κ3) is 2.95. The number of aryl methyl sites for hydroxylation is 1. The van der Waals surface area contributed by atoms with Gasteiger partial charge in [0.1, 0.15) is 0 Å². The Morgan fingerprint density at radius 1 is 1.15 bits per heavy atom. The van der Waals surface area contributed by atoms with E-state index >= 15 is 0 Å². The molecule has 0 unspecified atom stereocenters. The first-order valence-electron chi connectivity index (χ1n) is 3.68. The molecule has 2 rings (SSSR count). The maximum Gasteiger partial charge on any atom is 0.0702 e. The van der Waals surface area contributed by atoms with E-state index in [9.17, 15) is 0 Å². The van der Waals surface area contributed by atoms with Crippen molar-refractivity contribution in [3.05, 3.63) is 42.1 Å². The Morgan fingerprint density at radius 2 is 1.85 bits per heavy atom. The van der Waals surface area contributed by atoms with E-state index in [1.54, 1.807) is 0 Å². The van der Waals surface area contributed by atoms with Gasteiger partial charge in [-0.3, -0.25) is 4.98 Å². The molecule has 2 aromatic rings.